The van der Waals surface area contributed by atoms with Gasteiger partial charge >= 0.3 is 0 Å². The standard InChI is InChI=1S/C23H46B2O/c1-24-21-15-11-8-13-19-23(26,20-14-12-16-21)25-22-17-9-6-4-2-3-5-7-10-18-22/h21-22,24-26H,2-20H2,1H3. The second-order valence-electron chi connectivity index (χ2n) is 9.82. The first kappa shape index (κ1) is 22.4. The average molecular weight is 360 g/mol. The van der Waals surface area contributed by atoms with E-state index >= 15 is 0 Å². The molecule has 3 heteroatoms. The molecule has 1 nitrogen and oxygen atoms in total. The molecule has 2 atom stereocenters. The zero-order valence-electron chi connectivity index (χ0n) is 18.0. The molecule has 0 amide bonds. The van der Waals surface area contributed by atoms with Crippen molar-refractivity contribution in [2.24, 2.45) is 0 Å². The minimum absolute atomic E-state index is 0.350. The number of hydrogen-bond acceptors (Lipinski definition) is 1. The molecule has 0 aliphatic heterocycles. The molecule has 26 heavy (non-hydrogen) atoms. The van der Waals surface area contributed by atoms with Crippen LogP contribution in [0.2, 0.25) is 18.5 Å². The van der Waals surface area contributed by atoms with Crippen molar-refractivity contribution in [2.75, 3.05) is 0 Å². The minimum Gasteiger partial charge on any atom is -0.399 e. The Bertz CT molecular complexity index is 337. The first-order valence-corrected chi connectivity index (χ1v) is 12.4. The van der Waals surface area contributed by atoms with E-state index in [1.54, 1.807) is 0 Å². The molecule has 2 rings (SSSR count). The van der Waals surface area contributed by atoms with Crippen molar-refractivity contribution in [1.29, 1.82) is 0 Å². The van der Waals surface area contributed by atoms with Crippen LogP contribution in [0.1, 0.15) is 122 Å². The van der Waals surface area contributed by atoms with Crippen molar-refractivity contribution in [3.63, 3.8) is 0 Å². The van der Waals surface area contributed by atoms with Crippen molar-refractivity contribution in [3.05, 3.63) is 0 Å². The molecule has 2 aliphatic carbocycles. The molecular formula is C23H46B2O. The van der Waals surface area contributed by atoms with Gasteiger partial charge in [-0.1, -0.05) is 128 Å². The maximum absolute atomic E-state index is 11.5. The van der Waals surface area contributed by atoms with Gasteiger partial charge in [-0.25, -0.2) is 0 Å². The Kier molecular flexibility index (Phi) is 11.4. The van der Waals surface area contributed by atoms with E-state index in [-0.39, 0.29) is 5.50 Å². The highest BCUT2D eigenvalue weighted by Gasteiger charge is 2.31. The fraction of sp³-hybridized carbons (Fsp3) is 1.00. The van der Waals surface area contributed by atoms with Crippen LogP contribution in [-0.2, 0) is 0 Å². The average Bonchev–Trinajstić information content (AvgIpc) is 2.72. The highest BCUT2D eigenvalue weighted by atomic mass is 16.3. The largest absolute Gasteiger partial charge is 0.399 e. The summed E-state index contributed by atoms with van der Waals surface area (Å²) in [6.07, 6.45) is 25.7. The highest BCUT2D eigenvalue weighted by Crippen LogP contribution is 2.33. The van der Waals surface area contributed by atoms with Gasteiger partial charge in [-0.2, -0.15) is 0 Å². The van der Waals surface area contributed by atoms with Gasteiger partial charge in [-0.3, -0.25) is 0 Å². The summed E-state index contributed by atoms with van der Waals surface area (Å²) >= 11 is 0. The van der Waals surface area contributed by atoms with Gasteiger partial charge < -0.3 is 5.11 Å². The smallest absolute Gasteiger partial charge is 0.164 e. The molecule has 1 N–H and O–H groups in total. The lowest BCUT2D eigenvalue weighted by Gasteiger charge is -2.32. The second-order valence-corrected chi connectivity index (χ2v) is 9.82. The summed E-state index contributed by atoms with van der Waals surface area (Å²) in [6, 6.07) is 0. The van der Waals surface area contributed by atoms with Gasteiger partial charge in [-0.15, -0.1) is 0 Å². The Morgan fingerprint density at radius 2 is 0.962 bits per heavy atom. The van der Waals surface area contributed by atoms with Crippen molar-refractivity contribution >= 4 is 14.6 Å². The molecule has 0 heterocycles. The summed E-state index contributed by atoms with van der Waals surface area (Å²) in [7, 11) is 2.45. The molecule has 2 saturated carbocycles. The van der Waals surface area contributed by atoms with Crippen LogP contribution < -0.4 is 0 Å². The topological polar surface area (TPSA) is 20.2 Å². The molecule has 0 aromatic heterocycles. The predicted molar refractivity (Wildman–Crippen MR) is 120 cm³/mol. The van der Waals surface area contributed by atoms with Crippen LogP contribution >= 0.6 is 0 Å². The molecule has 2 aliphatic rings. The lowest BCUT2D eigenvalue weighted by atomic mass is 9.47. The molecule has 0 spiro atoms. The van der Waals surface area contributed by atoms with E-state index in [1.165, 1.54) is 116 Å². The zero-order valence-corrected chi connectivity index (χ0v) is 18.0. The Morgan fingerprint density at radius 1 is 0.577 bits per heavy atom. The number of aliphatic hydroxyl groups is 1. The van der Waals surface area contributed by atoms with Gasteiger partial charge in [0.15, 0.2) is 7.28 Å². The first-order valence-electron chi connectivity index (χ1n) is 12.4. The quantitative estimate of drug-likeness (QED) is 0.561. The fourth-order valence-corrected chi connectivity index (χ4v) is 5.65. The SMILES string of the molecule is CBC1CCCCCC(O)(BC2CCCCCCCCCC2)CCCC1. The van der Waals surface area contributed by atoms with Crippen LogP contribution in [0.15, 0.2) is 0 Å². The summed E-state index contributed by atoms with van der Waals surface area (Å²) in [4.78, 5) is 0. The minimum atomic E-state index is -0.350. The summed E-state index contributed by atoms with van der Waals surface area (Å²) in [5.41, 5.74) is -0.350. The van der Waals surface area contributed by atoms with Gasteiger partial charge in [-0.05, 0) is 12.8 Å². The van der Waals surface area contributed by atoms with Gasteiger partial charge in [0.1, 0.15) is 7.28 Å². The molecule has 0 aromatic carbocycles. The van der Waals surface area contributed by atoms with Crippen molar-refractivity contribution < 1.29 is 5.11 Å². The van der Waals surface area contributed by atoms with Crippen LogP contribution in [0, 0.1) is 0 Å². The van der Waals surface area contributed by atoms with Gasteiger partial charge in [0.05, 0.1) is 0 Å². The van der Waals surface area contributed by atoms with Crippen molar-refractivity contribution in [3.8, 4) is 0 Å². The first-order chi connectivity index (χ1) is 12.7. The summed E-state index contributed by atoms with van der Waals surface area (Å²) in [5, 5.41) is 11.5. The Hall–Kier alpha value is 0.0899. The molecule has 150 valence electrons. The third-order valence-corrected chi connectivity index (χ3v) is 7.48. The molecule has 2 fully saturated rings. The van der Waals surface area contributed by atoms with E-state index in [9.17, 15) is 5.11 Å². The zero-order chi connectivity index (χ0) is 18.5. The van der Waals surface area contributed by atoms with Crippen LogP contribution in [0.25, 0.3) is 0 Å². The van der Waals surface area contributed by atoms with Crippen LogP contribution in [-0.4, -0.2) is 25.2 Å². The Labute approximate surface area is 166 Å². The molecule has 0 radical (unpaired) electrons. The predicted octanol–water partition coefficient (Wildman–Crippen LogP) is 6.61. The second kappa shape index (κ2) is 13.3. The monoisotopic (exact) mass is 360 g/mol. The van der Waals surface area contributed by atoms with Crippen LogP contribution in [0.4, 0.5) is 0 Å². The lowest BCUT2D eigenvalue weighted by Crippen LogP contribution is -2.38. The summed E-state index contributed by atoms with van der Waals surface area (Å²) in [6.45, 7) is 2.36. The molecule has 2 unspecified atom stereocenters. The third-order valence-electron chi connectivity index (χ3n) is 7.48. The van der Waals surface area contributed by atoms with E-state index in [2.05, 4.69) is 6.82 Å². The third kappa shape index (κ3) is 9.34. The van der Waals surface area contributed by atoms with E-state index in [4.69, 9.17) is 0 Å². The molecule has 0 saturated heterocycles. The van der Waals surface area contributed by atoms with Crippen LogP contribution in [0.3, 0.4) is 0 Å². The van der Waals surface area contributed by atoms with Gasteiger partial charge in [0, 0.05) is 5.50 Å². The molecule has 0 bridgehead atoms. The van der Waals surface area contributed by atoms with Gasteiger partial charge in [0.25, 0.3) is 0 Å². The summed E-state index contributed by atoms with van der Waals surface area (Å²) in [5.74, 6) is 1.73. The maximum atomic E-state index is 11.5. The summed E-state index contributed by atoms with van der Waals surface area (Å²) < 4.78 is 0. The number of hydrogen-bond donors (Lipinski definition) is 1. The lowest BCUT2D eigenvalue weighted by molar-refractivity contribution is 0.0960. The number of rotatable bonds is 3. The fourth-order valence-electron chi connectivity index (χ4n) is 5.65. The van der Waals surface area contributed by atoms with E-state index in [0.717, 1.165) is 31.8 Å². The van der Waals surface area contributed by atoms with Crippen molar-refractivity contribution in [1.82, 2.24) is 0 Å². The van der Waals surface area contributed by atoms with E-state index in [1.807, 2.05) is 0 Å². The normalized spacial score (nSPS) is 32.0. The van der Waals surface area contributed by atoms with E-state index < -0.39 is 0 Å². The van der Waals surface area contributed by atoms with Crippen LogP contribution in [0.5, 0.6) is 0 Å². The van der Waals surface area contributed by atoms with Crippen molar-refractivity contribution in [2.45, 2.75) is 146 Å². The maximum Gasteiger partial charge on any atom is 0.164 e. The highest BCUT2D eigenvalue weighted by molar-refractivity contribution is 6.41. The van der Waals surface area contributed by atoms with E-state index in [0.29, 0.717) is 0 Å². The Balaban J connectivity index is 1.86. The molecular weight excluding hydrogens is 314 g/mol. The Morgan fingerprint density at radius 3 is 1.50 bits per heavy atom. The van der Waals surface area contributed by atoms with Gasteiger partial charge in [0.2, 0.25) is 0 Å². The molecule has 0 aromatic rings.